The quantitative estimate of drug-likeness (QED) is 0.283. The highest BCUT2D eigenvalue weighted by molar-refractivity contribution is 5.94. The smallest absolute Gasteiger partial charge is 0.322 e. The third kappa shape index (κ3) is 8.06. The standard InChI is InChI=1S/C18H30N4O7/c1-10(2)8-11(19)16(27)21-12(5-6-14(23)24)18(29)22-7-3-4-13(22)17(28)20-9-15(25)26/h10-13H,3-9,19H2,1-2H3,(H,20,28)(H,21,27)(H,23,24)(H,25,26). The lowest BCUT2D eigenvalue weighted by molar-refractivity contribution is -0.143. The summed E-state index contributed by atoms with van der Waals surface area (Å²) in [7, 11) is 0. The second-order valence-corrected chi connectivity index (χ2v) is 7.53. The zero-order valence-corrected chi connectivity index (χ0v) is 16.7. The Labute approximate surface area is 169 Å². The summed E-state index contributed by atoms with van der Waals surface area (Å²) in [6.07, 6.45) is 0.788. The number of carboxylic acids is 2. The zero-order chi connectivity index (χ0) is 22.1. The lowest BCUT2D eigenvalue weighted by Crippen LogP contribution is -2.56. The Morgan fingerprint density at radius 3 is 2.34 bits per heavy atom. The van der Waals surface area contributed by atoms with Crippen LogP contribution in [-0.4, -0.2) is 76.0 Å². The van der Waals surface area contributed by atoms with Gasteiger partial charge in [-0.1, -0.05) is 13.8 Å². The summed E-state index contributed by atoms with van der Waals surface area (Å²) >= 11 is 0. The Kier molecular flexibility index (Phi) is 9.53. The third-order valence-electron chi connectivity index (χ3n) is 4.58. The molecule has 3 amide bonds. The van der Waals surface area contributed by atoms with E-state index in [1.165, 1.54) is 4.90 Å². The summed E-state index contributed by atoms with van der Waals surface area (Å²) in [5.41, 5.74) is 5.85. The average molecular weight is 414 g/mol. The van der Waals surface area contributed by atoms with Crippen molar-refractivity contribution in [2.24, 2.45) is 11.7 Å². The molecule has 3 atom stereocenters. The SMILES string of the molecule is CC(C)CC(N)C(=O)NC(CCC(=O)O)C(=O)N1CCCC1C(=O)NCC(=O)O. The number of rotatable bonds is 11. The first-order valence-corrected chi connectivity index (χ1v) is 9.60. The Morgan fingerprint density at radius 2 is 1.79 bits per heavy atom. The van der Waals surface area contributed by atoms with Crippen LogP contribution < -0.4 is 16.4 Å². The molecule has 11 nitrogen and oxygen atoms in total. The first kappa shape index (κ1) is 24.3. The molecule has 29 heavy (non-hydrogen) atoms. The summed E-state index contributed by atoms with van der Waals surface area (Å²) in [4.78, 5) is 60.4. The van der Waals surface area contributed by atoms with Crippen molar-refractivity contribution >= 4 is 29.7 Å². The predicted octanol–water partition coefficient (Wildman–Crippen LogP) is -1.10. The van der Waals surface area contributed by atoms with Crippen molar-refractivity contribution in [2.75, 3.05) is 13.1 Å². The molecule has 11 heteroatoms. The molecule has 164 valence electrons. The average Bonchev–Trinajstić information content (AvgIpc) is 3.11. The first-order chi connectivity index (χ1) is 13.5. The highest BCUT2D eigenvalue weighted by Gasteiger charge is 2.38. The molecule has 3 unspecified atom stereocenters. The van der Waals surface area contributed by atoms with Crippen molar-refractivity contribution in [2.45, 2.75) is 64.1 Å². The second-order valence-electron chi connectivity index (χ2n) is 7.53. The van der Waals surface area contributed by atoms with Gasteiger partial charge in [0, 0.05) is 13.0 Å². The Morgan fingerprint density at radius 1 is 1.14 bits per heavy atom. The van der Waals surface area contributed by atoms with E-state index in [2.05, 4.69) is 10.6 Å². The molecule has 0 spiro atoms. The van der Waals surface area contributed by atoms with Crippen LogP contribution >= 0.6 is 0 Å². The molecular formula is C18H30N4O7. The van der Waals surface area contributed by atoms with Gasteiger partial charge in [-0.2, -0.15) is 0 Å². The van der Waals surface area contributed by atoms with Crippen LogP contribution in [0.4, 0.5) is 0 Å². The van der Waals surface area contributed by atoms with Crippen LogP contribution in [-0.2, 0) is 24.0 Å². The molecule has 0 aromatic rings. The van der Waals surface area contributed by atoms with Crippen LogP contribution in [0.15, 0.2) is 0 Å². The van der Waals surface area contributed by atoms with Gasteiger partial charge >= 0.3 is 11.9 Å². The number of amides is 3. The Bertz CT molecular complexity index is 638. The lowest BCUT2D eigenvalue weighted by atomic mass is 10.0. The number of hydrogen-bond acceptors (Lipinski definition) is 6. The fourth-order valence-electron chi connectivity index (χ4n) is 3.20. The number of carbonyl (C=O) groups excluding carboxylic acids is 3. The van der Waals surface area contributed by atoms with Crippen molar-refractivity contribution in [3.63, 3.8) is 0 Å². The normalized spacial score (nSPS) is 18.2. The van der Waals surface area contributed by atoms with Crippen molar-refractivity contribution in [3.8, 4) is 0 Å². The Balaban J connectivity index is 2.88. The number of nitrogens with zero attached hydrogens (tertiary/aromatic N) is 1. The molecule has 0 saturated carbocycles. The topological polar surface area (TPSA) is 179 Å². The zero-order valence-electron chi connectivity index (χ0n) is 16.7. The van der Waals surface area contributed by atoms with Crippen LogP contribution in [0.3, 0.4) is 0 Å². The van der Waals surface area contributed by atoms with E-state index < -0.39 is 54.3 Å². The summed E-state index contributed by atoms with van der Waals surface area (Å²) in [5, 5.41) is 22.4. The van der Waals surface area contributed by atoms with E-state index in [1.807, 2.05) is 13.8 Å². The van der Waals surface area contributed by atoms with E-state index in [-0.39, 0.29) is 25.3 Å². The Hall–Kier alpha value is -2.69. The van der Waals surface area contributed by atoms with E-state index >= 15 is 0 Å². The molecule has 0 aromatic carbocycles. The van der Waals surface area contributed by atoms with Gasteiger partial charge in [-0.3, -0.25) is 24.0 Å². The maximum atomic E-state index is 13.0. The van der Waals surface area contributed by atoms with E-state index in [0.717, 1.165) is 0 Å². The third-order valence-corrected chi connectivity index (χ3v) is 4.58. The number of nitrogens with one attached hydrogen (secondary N) is 2. The highest BCUT2D eigenvalue weighted by Crippen LogP contribution is 2.20. The number of hydrogen-bond donors (Lipinski definition) is 5. The van der Waals surface area contributed by atoms with Gasteiger partial charge in [0.25, 0.3) is 0 Å². The molecule has 1 saturated heterocycles. The van der Waals surface area contributed by atoms with E-state index in [0.29, 0.717) is 19.3 Å². The van der Waals surface area contributed by atoms with Crippen molar-refractivity contribution in [1.29, 1.82) is 0 Å². The minimum Gasteiger partial charge on any atom is -0.481 e. The van der Waals surface area contributed by atoms with Gasteiger partial charge in [0.2, 0.25) is 17.7 Å². The first-order valence-electron chi connectivity index (χ1n) is 9.60. The van der Waals surface area contributed by atoms with Crippen LogP contribution in [0.2, 0.25) is 0 Å². The van der Waals surface area contributed by atoms with Crippen LogP contribution in [0.1, 0.15) is 46.0 Å². The van der Waals surface area contributed by atoms with Gasteiger partial charge in [0.1, 0.15) is 18.6 Å². The van der Waals surface area contributed by atoms with Gasteiger partial charge in [0.05, 0.1) is 6.04 Å². The molecule has 0 bridgehead atoms. The highest BCUT2D eigenvalue weighted by atomic mass is 16.4. The van der Waals surface area contributed by atoms with E-state index in [1.54, 1.807) is 0 Å². The van der Waals surface area contributed by atoms with Crippen LogP contribution in [0, 0.1) is 5.92 Å². The number of aliphatic carboxylic acids is 2. The van der Waals surface area contributed by atoms with Gasteiger partial charge in [-0.05, 0) is 31.6 Å². The summed E-state index contributed by atoms with van der Waals surface area (Å²) in [5.74, 6) is -3.92. The molecular weight excluding hydrogens is 384 g/mol. The number of carbonyl (C=O) groups is 5. The van der Waals surface area contributed by atoms with Crippen molar-refractivity contribution in [3.05, 3.63) is 0 Å². The van der Waals surface area contributed by atoms with Gasteiger partial charge in [-0.25, -0.2) is 0 Å². The molecule has 1 aliphatic heterocycles. The van der Waals surface area contributed by atoms with Gasteiger partial charge in [0.15, 0.2) is 0 Å². The maximum Gasteiger partial charge on any atom is 0.322 e. The molecule has 1 aliphatic rings. The van der Waals surface area contributed by atoms with E-state index in [9.17, 15) is 24.0 Å². The maximum absolute atomic E-state index is 13.0. The summed E-state index contributed by atoms with van der Waals surface area (Å²) < 4.78 is 0. The molecule has 0 aromatic heterocycles. The largest absolute Gasteiger partial charge is 0.481 e. The molecule has 0 aliphatic carbocycles. The molecule has 1 rings (SSSR count). The molecule has 1 fully saturated rings. The predicted molar refractivity (Wildman–Crippen MR) is 102 cm³/mol. The van der Waals surface area contributed by atoms with Crippen molar-refractivity contribution in [1.82, 2.24) is 15.5 Å². The van der Waals surface area contributed by atoms with Crippen LogP contribution in [0.25, 0.3) is 0 Å². The molecule has 6 N–H and O–H groups in total. The number of likely N-dealkylation sites (tertiary alicyclic amines) is 1. The number of nitrogens with two attached hydrogens (primary N) is 1. The second kappa shape index (κ2) is 11.3. The fraction of sp³-hybridized carbons (Fsp3) is 0.722. The van der Waals surface area contributed by atoms with Crippen molar-refractivity contribution < 1.29 is 34.2 Å². The minimum absolute atomic E-state index is 0.145. The van der Waals surface area contributed by atoms with E-state index in [4.69, 9.17) is 15.9 Å². The lowest BCUT2D eigenvalue weighted by Gasteiger charge is -2.29. The minimum atomic E-state index is -1.21. The van der Waals surface area contributed by atoms with Gasteiger partial charge in [-0.15, -0.1) is 0 Å². The van der Waals surface area contributed by atoms with Gasteiger partial charge < -0.3 is 31.5 Å². The number of carboxylic acid groups (broad SMARTS) is 2. The molecule has 0 radical (unpaired) electrons. The van der Waals surface area contributed by atoms with Crippen LogP contribution in [0.5, 0.6) is 0 Å². The monoisotopic (exact) mass is 414 g/mol. The molecule has 1 heterocycles. The summed E-state index contributed by atoms with van der Waals surface area (Å²) in [6, 6.07) is -2.84. The fourth-order valence-corrected chi connectivity index (χ4v) is 3.20. The summed E-state index contributed by atoms with van der Waals surface area (Å²) in [6.45, 7) is 3.47.